The van der Waals surface area contributed by atoms with Crippen molar-refractivity contribution >= 4 is 27.3 Å². The van der Waals surface area contributed by atoms with Gasteiger partial charge in [0.1, 0.15) is 0 Å². The van der Waals surface area contributed by atoms with Gasteiger partial charge in [-0.15, -0.1) is 11.3 Å². The molecule has 0 fully saturated rings. The molecular formula is C10H15BrOS. The summed E-state index contributed by atoms with van der Waals surface area (Å²) < 4.78 is 1.08. The Morgan fingerprint density at radius 2 is 2.08 bits per heavy atom. The molecule has 0 aromatic carbocycles. The molecule has 1 N–H and O–H groups in total. The van der Waals surface area contributed by atoms with E-state index in [0.29, 0.717) is 0 Å². The monoisotopic (exact) mass is 262 g/mol. The molecule has 0 saturated carbocycles. The first-order valence-corrected chi connectivity index (χ1v) is 5.93. The number of aliphatic hydroxyl groups is 1. The maximum Gasteiger partial charge on any atom is 0.0887 e. The zero-order valence-corrected chi connectivity index (χ0v) is 10.6. The fourth-order valence-corrected chi connectivity index (χ4v) is 2.60. The van der Waals surface area contributed by atoms with Gasteiger partial charge in [0.2, 0.25) is 0 Å². The van der Waals surface area contributed by atoms with E-state index in [1.807, 2.05) is 12.1 Å². The van der Waals surface area contributed by atoms with Gasteiger partial charge in [-0.1, -0.05) is 20.8 Å². The molecule has 1 aromatic heterocycles. The molecule has 1 nitrogen and oxygen atoms in total. The smallest absolute Gasteiger partial charge is 0.0887 e. The second-order valence-electron chi connectivity index (χ2n) is 4.42. The molecule has 0 saturated heterocycles. The second kappa shape index (κ2) is 4.11. The summed E-state index contributed by atoms with van der Waals surface area (Å²) in [5.74, 6) is 0. The molecule has 0 aliphatic carbocycles. The maximum atomic E-state index is 9.86. The van der Waals surface area contributed by atoms with E-state index in [0.717, 1.165) is 15.1 Å². The fraction of sp³-hybridized carbons (Fsp3) is 0.600. The van der Waals surface area contributed by atoms with E-state index < -0.39 is 0 Å². The Bertz CT molecular complexity index is 275. The van der Waals surface area contributed by atoms with E-state index in [1.54, 1.807) is 11.3 Å². The van der Waals surface area contributed by atoms with Gasteiger partial charge in [-0.25, -0.2) is 0 Å². The molecule has 1 aromatic rings. The Kier molecular flexibility index (Phi) is 3.55. The van der Waals surface area contributed by atoms with Gasteiger partial charge in [0, 0.05) is 4.88 Å². The lowest BCUT2D eigenvalue weighted by atomic mass is 9.89. The summed E-state index contributed by atoms with van der Waals surface area (Å²) in [6.45, 7) is 6.41. The number of hydrogen-bond donors (Lipinski definition) is 1. The predicted octanol–water partition coefficient (Wildman–Crippen LogP) is 3.98. The molecule has 0 aliphatic rings. The zero-order valence-electron chi connectivity index (χ0n) is 8.17. The molecule has 13 heavy (non-hydrogen) atoms. The Morgan fingerprint density at radius 1 is 1.46 bits per heavy atom. The molecule has 0 aliphatic heterocycles. The molecule has 0 spiro atoms. The Hall–Kier alpha value is 0.140. The van der Waals surface area contributed by atoms with Crippen molar-refractivity contribution in [3.05, 3.63) is 20.8 Å². The fourth-order valence-electron chi connectivity index (χ4n) is 1.19. The average Bonchev–Trinajstić information content (AvgIpc) is 2.31. The SMILES string of the molecule is CC(C)(C)CC(O)c1ccc(Br)s1. The Labute approximate surface area is 91.9 Å². The second-order valence-corrected chi connectivity index (χ2v) is 6.92. The molecule has 0 bridgehead atoms. The van der Waals surface area contributed by atoms with Crippen molar-refractivity contribution in [2.75, 3.05) is 0 Å². The molecular weight excluding hydrogens is 248 g/mol. The molecule has 1 atom stereocenters. The average molecular weight is 263 g/mol. The summed E-state index contributed by atoms with van der Waals surface area (Å²) in [5, 5.41) is 9.86. The van der Waals surface area contributed by atoms with E-state index in [4.69, 9.17) is 0 Å². The first kappa shape index (κ1) is 11.2. The van der Waals surface area contributed by atoms with Crippen LogP contribution >= 0.6 is 27.3 Å². The van der Waals surface area contributed by atoms with Gasteiger partial charge in [0.15, 0.2) is 0 Å². The highest BCUT2D eigenvalue weighted by atomic mass is 79.9. The van der Waals surface area contributed by atoms with E-state index in [-0.39, 0.29) is 11.5 Å². The minimum absolute atomic E-state index is 0.176. The van der Waals surface area contributed by atoms with Crippen LogP contribution in [0.15, 0.2) is 15.9 Å². The van der Waals surface area contributed by atoms with Crippen LogP contribution in [0.2, 0.25) is 0 Å². The first-order chi connectivity index (χ1) is 5.88. The van der Waals surface area contributed by atoms with Crippen LogP contribution < -0.4 is 0 Å². The Balaban J connectivity index is 2.64. The molecule has 3 heteroatoms. The number of halogens is 1. The third-order valence-electron chi connectivity index (χ3n) is 1.73. The van der Waals surface area contributed by atoms with Crippen LogP contribution in [0.1, 0.15) is 38.2 Å². The van der Waals surface area contributed by atoms with Gasteiger partial charge < -0.3 is 5.11 Å². The lowest BCUT2D eigenvalue weighted by Crippen LogP contribution is -2.10. The first-order valence-electron chi connectivity index (χ1n) is 4.32. The van der Waals surface area contributed by atoms with E-state index in [9.17, 15) is 5.11 Å². The number of hydrogen-bond acceptors (Lipinski definition) is 2. The topological polar surface area (TPSA) is 20.2 Å². The normalized spacial score (nSPS) is 14.5. The number of rotatable bonds is 2. The summed E-state index contributed by atoms with van der Waals surface area (Å²) in [6, 6.07) is 3.96. The molecule has 1 heterocycles. The lowest BCUT2D eigenvalue weighted by Gasteiger charge is -2.21. The van der Waals surface area contributed by atoms with Crippen LogP contribution in [0.25, 0.3) is 0 Å². The van der Waals surface area contributed by atoms with E-state index >= 15 is 0 Å². The third-order valence-corrected chi connectivity index (χ3v) is 3.45. The summed E-state index contributed by atoms with van der Waals surface area (Å²) in [4.78, 5) is 1.04. The van der Waals surface area contributed by atoms with E-state index in [2.05, 4.69) is 36.7 Å². The number of thiophene rings is 1. The van der Waals surface area contributed by atoms with Crippen molar-refractivity contribution < 1.29 is 5.11 Å². The molecule has 1 rings (SSSR count). The summed E-state index contributed by atoms with van der Waals surface area (Å²) >= 11 is 4.99. The van der Waals surface area contributed by atoms with Gasteiger partial charge in [-0.2, -0.15) is 0 Å². The van der Waals surface area contributed by atoms with Gasteiger partial charge in [0.25, 0.3) is 0 Å². The summed E-state index contributed by atoms with van der Waals surface area (Å²) in [5.41, 5.74) is 0.176. The minimum Gasteiger partial charge on any atom is -0.388 e. The highest BCUT2D eigenvalue weighted by Gasteiger charge is 2.19. The van der Waals surface area contributed by atoms with Crippen molar-refractivity contribution in [1.29, 1.82) is 0 Å². The van der Waals surface area contributed by atoms with Gasteiger partial charge in [0.05, 0.1) is 9.89 Å². The highest BCUT2D eigenvalue weighted by Crippen LogP contribution is 2.34. The molecule has 74 valence electrons. The van der Waals surface area contributed by atoms with E-state index in [1.165, 1.54) is 0 Å². The van der Waals surface area contributed by atoms with Crippen molar-refractivity contribution in [2.24, 2.45) is 5.41 Å². The van der Waals surface area contributed by atoms with Crippen LogP contribution in [0, 0.1) is 5.41 Å². The van der Waals surface area contributed by atoms with Crippen LogP contribution in [0.4, 0.5) is 0 Å². The standard InChI is InChI=1S/C10H15BrOS/c1-10(2,3)6-7(12)8-4-5-9(11)13-8/h4-5,7,12H,6H2,1-3H3. The minimum atomic E-state index is -0.323. The maximum absolute atomic E-state index is 9.86. The van der Waals surface area contributed by atoms with Crippen LogP contribution in [-0.4, -0.2) is 5.11 Å². The number of aliphatic hydroxyl groups excluding tert-OH is 1. The summed E-state index contributed by atoms with van der Waals surface area (Å²) in [7, 11) is 0. The third kappa shape index (κ3) is 3.79. The quantitative estimate of drug-likeness (QED) is 0.855. The van der Waals surface area contributed by atoms with Gasteiger partial charge in [-0.3, -0.25) is 0 Å². The van der Waals surface area contributed by atoms with Crippen molar-refractivity contribution in [3.8, 4) is 0 Å². The van der Waals surface area contributed by atoms with Gasteiger partial charge >= 0.3 is 0 Å². The van der Waals surface area contributed by atoms with Crippen molar-refractivity contribution in [3.63, 3.8) is 0 Å². The highest BCUT2D eigenvalue weighted by molar-refractivity contribution is 9.11. The largest absolute Gasteiger partial charge is 0.388 e. The lowest BCUT2D eigenvalue weighted by molar-refractivity contribution is 0.125. The van der Waals surface area contributed by atoms with Crippen LogP contribution in [-0.2, 0) is 0 Å². The van der Waals surface area contributed by atoms with Crippen LogP contribution in [0.3, 0.4) is 0 Å². The predicted molar refractivity (Wildman–Crippen MR) is 61.1 cm³/mol. The molecule has 0 amide bonds. The van der Waals surface area contributed by atoms with Crippen molar-refractivity contribution in [1.82, 2.24) is 0 Å². The zero-order chi connectivity index (χ0) is 10.1. The Morgan fingerprint density at radius 3 is 2.46 bits per heavy atom. The van der Waals surface area contributed by atoms with Crippen LogP contribution in [0.5, 0.6) is 0 Å². The van der Waals surface area contributed by atoms with Crippen molar-refractivity contribution in [2.45, 2.75) is 33.3 Å². The molecule has 1 unspecified atom stereocenters. The summed E-state index contributed by atoms with van der Waals surface area (Å²) in [6.07, 6.45) is 0.483. The molecule has 0 radical (unpaired) electrons. The van der Waals surface area contributed by atoms with Gasteiger partial charge in [-0.05, 0) is 39.9 Å².